The van der Waals surface area contributed by atoms with Gasteiger partial charge in [0.25, 0.3) is 0 Å². The molecular weight excluding hydrogens is 419 g/mol. The minimum atomic E-state index is -4.49. The molecule has 1 fully saturated rings. The van der Waals surface area contributed by atoms with Crippen molar-refractivity contribution in [2.24, 2.45) is 5.92 Å². The predicted molar refractivity (Wildman–Crippen MR) is 117 cm³/mol. The molecule has 2 aliphatic carbocycles. The van der Waals surface area contributed by atoms with E-state index in [2.05, 4.69) is 0 Å². The predicted octanol–water partition coefficient (Wildman–Crippen LogP) is 7.62. The first-order valence-corrected chi connectivity index (χ1v) is 10.8. The highest BCUT2D eigenvalue weighted by molar-refractivity contribution is 6.31. The summed E-state index contributed by atoms with van der Waals surface area (Å²) in [5.74, 6) is 0.156. The van der Waals surface area contributed by atoms with Crippen LogP contribution in [0.3, 0.4) is 0 Å². The summed E-state index contributed by atoms with van der Waals surface area (Å²) < 4.78 is 45.9. The van der Waals surface area contributed by atoms with Crippen LogP contribution in [-0.2, 0) is 11.6 Å². The van der Waals surface area contributed by atoms with E-state index in [1.807, 2.05) is 65.3 Å². The van der Waals surface area contributed by atoms with Crippen LogP contribution in [0.15, 0.2) is 84.5 Å². The van der Waals surface area contributed by atoms with E-state index in [4.69, 9.17) is 11.6 Å². The number of nitrogens with zero attached hydrogens (tertiary/aromatic N) is 1. The maximum absolute atomic E-state index is 14.7. The van der Waals surface area contributed by atoms with Gasteiger partial charge >= 0.3 is 6.18 Å². The highest BCUT2D eigenvalue weighted by atomic mass is 35.5. The minimum absolute atomic E-state index is 0.156. The van der Waals surface area contributed by atoms with Gasteiger partial charge in [0.1, 0.15) is 0 Å². The van der Waals surface area contributed by atoms with Gasteiger partial charge in [0.2, 0.25) is 0 Å². The first kappa shape index (κ1) is 19.0. The zero-order valence-electron chi connectivity index (χ0n) is 16.5. The number of alkyl halides is 3. The normalized spacial score (nSPS) is 24.8. The average molecular weight is 438 g/mol. The molecule has 3 aliphatic rings. The monoisotopic (exact) mass is 437 g/mol. The zero-order valence-corrected chi connectivity index (χ0v) is 17.3. The summed E-state index contributed by atoms with van der Waals surface area (Å²) in [6, 6.07) is 14.4. The number of rotatable bonds is 2. The molecule has 1 saturated carbocycles. The summed E-state index contributed by atoms with van der Waals surface area (Å²) >= 11 is 6.18. The second-order valence-corrected chi connectivity index (χ2v) is 9.01. The van der Waals surface area contributed by atoms with Crippen LogP contribution in [0.25, 0.3) is 10.9 Å². The summed E-state index contributed by atoms with van der Waals surface area (Å²) in [5, 5.41) is 0.494. The van der Waals surface area contributed by atoms with Crippen LogP contribution in [0.4, 0.5) is 13.2 Å². The summed E-state index contributed by atoms with van der Waals surface area (Å²) in [5.41, 5.74) is 1.62. The molecule has 5 heteroatoms. The lowest BCUT2D eigenvalue weighted by Gasteiger charge is -2.30. The Kier molecular flexibility index (Phi) is 3.92. The number of benzene rings is 2. The van der Waals surface area contributed by atoms with E-state index in [-0.39, 0.29) is 17.3 Å². The molecule has 0 amide bonds. The Labute approximate surface area is 183 Å². The van der Waals surface area contributed by atoms with E-state index in [1.54, 1.807) is 12.1 Å². The molecule has 2 heterocycles. The summed E-state index contributed by atoms with van der Waals surface area (Å²) in [7, 11) is 0. The highest BCUT2D eigenvalue weighted by Gasteiger charge is 2.59. The second kappa shape index (κ2) is 6.39. The van der Waals surface area contributed by atoms with Crippen molar-refractivity contribution in [3.63, 3.8) is 0 Å². The van der Waals surface area contributed by atoms with Crippen molar-refractivity contribution in [1.29, 1.82) is 0 Å². The quantitative estimate of drug-likeness (QED) is 0.388. The summed E-state index contributed by atoms with van der Waals surface area (Å²) in [6.07, 6.45) is 7.15. The first-order valence-electron chi connectivity index (χ1n) is 10.5. The molecular formula is C26H19ClF3N. The lowest BCUT2D eigenvalue weighted by molar-refractivity contribution is -0.137. The topological polar surface area (TPSA) is 4.93 Å². The van der Waals surface area contributed by atoms with Gasteiger partial charge in [-0.05, 0) is 48.1 Å². The van der Waals surface area contributed by atoms with Crippen molar-refractivity contribution in [3.8, 4) is 0 Å². The van der Waals surface area contributed by atoms with Gasteiger partial charge in [-0.25, -0.2) is 0 Å². The van der Waals surface area contributed by atoms with Gasteiger partial charge in [-0.1, -0.05) is 72.3 Å². The van der Waals surface area contributed by atoms with Gasteiger partial charge < -0.3 is 4.57 Å². The maximum atomic E-state index is 14.7. The standard InChI is InChI=1S/C26H19ClF3N/c27-18-12-13-21-19(15-18)22(26(28,29)30)24-25(17-10-11-17)14-6-2-5-9-20(25)23(31(21)24)16-7-3-1-4-8-16/h1-9,12-15,17,23H,10-11H2. The van der Waals surface area contributed by atoms with Crippen molar-refractivity contribution >= 4 is 22.5 Å². The number of hydrogen-bond acceptors (Lipinski definition) is 0. The molecule has 2 unspecified atom stereocenters. The fourth-order valence-corrected chi connectivity index (χ4v) is 5.83. The van der Waals surface area contributed by atoms with Gasteiger partial charge in [0, 0.05) is 21.6 Å². The van der Waals surface area contributed by atoms with E-state index < -0.39 is 17.2 Å². The summed E-state index contributed by atoms with van der Waals surface area (Å²) in [6.45, 7) is 0. The van der Waals surface area contributed by atoms with Crippen LogP contribution in [0, 0.1) is 5.92 Å². The van der Waals surface area contributed by atoms with Crippen LogP contribution in [0.5, 0.6) is 0 Å². The Bertz CT molecular complexity index is 1290. The third-order valence-electron chi connectivity index (χ3n) is 6.86. The Morgan fingerprint density at radius 3 is 2.45 bits per heavy atom. The van der Waals surface area contributed by atoms with Crippen molar-refractivity contribution in [1.82, 2.24) is 4.57 Å². The number of hydrogen-bond donors (Lipinski definition) is 0. The van der Waals surface area contributed by atoms with Gasteiger partial charge in [-0.2, -0.15) is 13.2 Å². The first-order chi connectivity index (χ1) is 14.9. The highest BCUT2D eigenvalue weighted by Crippen LogP contribution is 2.64. The van der Waals surface area contributed by atoms with Crippen molar-refractivity contribution < 1.29 is 13.2 Å². The molecule has 0 bridgehead atoms. The van der Waals surface area contributed by atoms with E-state index in [1.165, 1.54) is 6.07 Å². The number of aromatic nitrogens is 1. The third kappa shape index (κ3) is 2.58. The van der Waals surface area contributed by atoms with Crippen LogP contribution in [-0.4, -0.2) is 4.57 Å². The molecule has 2 aromatic carbocycles. The Morgan fingerprint density at radius 2 is 1.74 bits per heavy atom. The van der Waals surface area contributed by atoms with Gasteiger partial charge in [-0.15, -0.1) is 0 Å². The van der Waals surface area contributed by atoms with E-state index in [0.29, 0.717) is 16.2 Å². The molecule has 156 valence electrons. The number of fused-ring (bicyclic) bond motifs is 5. The molecule has 1 aromatic heterocycles. The largest absolute Gasteiger partial charge is 0.418 e. The smallest absolute Gasteiger partial charge is 0.331 e. The number of halogens is 4. The molecule has 31 heavy (non-hydrogen) atoms. The molecule has 0 spiro atoms. The SMILES string of the molecule is FC(F)(F)c1c2n(c3ccc(Cl)cc13)C(c1ccccc1)C1=CC=CC=CC12C1CC1. The fraction of sp³-hybridized carbons (Fsp3) is 0.231. The Balaban J connectivity index is 1.81. The molecule has 1 aliphatic heterocycles. The van der Waals surface area contributed by atoms with Gasteiger partial charge in [0.15, 0.2) is 0 Å². The van der Waals surface area contributed by atoms with E-state index >= 15 is 0 Å². The van der Waals surface area contributed by atoms with E-state index in [0.717, 1.165) is 24.0 Å². The molecule has 0 radical (unpaired) electrons. The average Bonchev–Trinajstić information content (AvgIpc) is 3.51. The molecule has 2 atom stereocenters. The van der Waals surface area contributed by atoms with Crippen molar-refractivity contribution in [2.45, 2.75) is 30.5 Å². The maximum Gasteiger partial charge on any atom is 0.418 e. The Hall–Kier alpha value is -2.72. The van der Waals surface area contributed by atoms with Crippen molar-refractivity contribution in [2.75, 3.05) is 0 Å². The van der Waals surface area contributed by atoms with Gasteiger partial charge in [-0.3, -0.25) is 0 Å². The van der Waals surface area contributed by atoms with Crippen LogP contribution < -0.4 is 0 Å². The molecule has 1 nitrogen and oxygen atoms in total. The molecule has 3 aromatic rings. The Morgan fingerprint density at radius 1 is 0.968 bits per heavy atom. The lowest BCUT2D eigenvalue weighted by Crippen LogP contribution is -2.29. The second-order valence-electron chi connectivity index (χ2n) is 8.58. The third-order valence-corrected chi connectivity index (χ3v) is 7.10. The molecule has 6 rings (SSSR count). The van der Waals surface area contributed by atoms with Gasteiger partial charge in [0.05, 0.1) is 17.0 Å². The minimum Gasteiger partial charge on any atom is -0.331 e. The lowest BCUT2D eigenvalue weighted by atomic mass is 9.71. The van der Waals surface area contributed by atoms with Crippen LogP contribution in [0.1, 0.15) is 35.7 Å². The summed E-state index contributed by atoms with van der Waals surface area (Å²) in [4.78, 5) is 0. The molecule has 0 saturated heterocycles. The van der Waals surface area contributed by atoms with Crippen LogP contribution >= 0.6 is 11.6 Å². The molecule has 0 N–H and O–H groups in total. The van der Waals surface area contributed by atoms with E-state index in [9.17, 15) is 13.2 Å². The zero-order chi connectivity index (χ0) is 21.4. The number of allylic oxidation sites excluding steroid dienone is 6. The fourth-order valence-electron chi connectivity index (χ4n) is 5.65. The van der Waals surface area contributed by atoms with Crippen LogP contribution in [0.2, 0.25) is 5.02 Å². The van der Waals surface area contributed by atoms with Crippen molar-refractivity contribution in [3.05, 3.63) is 106 Å².